The molecule has 5 nitrogen and oxygen atoms in total. The van der Waals surface area contributed by atoms with E-state index in [0.717, 1.165) is 25.1 Å². The van der Waals surface area contributed by atoms with Gasteiger partial charge in [-0.2, -0.15) is 0 Å². The molecule has 0 saturated carbocycles. The van der Waals surface area contributed by atoms with Crippen molar-refractivity contribution >= 4 is 0 Å². The second-order valence-electron chi connectivity index (χ2n) is 4.09. The molecule has 0 spiro atoms. The first-order valence-corrected chi connectivity index (χ1v) is 5.31. The van der Waals surface area contributed by atoms with Crippen LogP contribution < -0.4 is 5.32 Å². The first-order chi connectivity index (χ1) is 7.11. The Labute approximate surface area is 90.5 Å². The predicted molar refractivity (Wildman–Crippen MR) is 58.2 cm³/mol. The Morgan fingerprint density at radius 3 is 2.80 bits per heavy atom. The minimum atomic E-state index is -0.0149. The molecule has 86 valence electrons. The fourth-order valence-corrected chi connectivity index (χ4v) is 1.41. The third kappa shape index (κ3) is 3.28. The minimum absolute atomic E-state index is 0.0149. The van der Waals surface area contributed by atoms with Crippen molar-refractivity contribution in [2.75, 3.05) is 6.61 Å². The van der Waals surface area contributed by atoms with E-state index in [0.29, 0.717) is 0 Å². The maximum atomic E-state index is 8.97. The van der Waals surface area contributed by atoms with Crippen molar-refractivity contribution in [1.82, 2.24) is 20.3 Å². The smallest absolute Gasteiger partial charge is 0.0738 e. The number of aromatic nitrogens is 3. The number of hydrogen-bond acceptors (Lipinski definition) is 4. The molecule has 1 atom stereocenters. The highest BCUT2D eigenvalue weighted by Gasteiger charge is 2.20. The maximum Gasteiger partial charge on any atom is 0.0738 e. The van der Waals surface area contributed by atoms with Crippen molar-refractivity contribution in [3.8, 4) is 0 Å². The summed E-state index contributed by atoms with van der Waals surface area (Å²) in [5, 5.41) is 20.1. The lowest BCUT2D eigenvalue weighted by Gasteiger charge is -2.29. The summed E-state index contributed by atoms with van der Waals surface area (Å²) in [5.41, 5.74) is 1.03. The Morgan fingerprint density at radius 2 is 2.33 bits per heavy atom. The van der Waals surface area contributed by atoms with Crippen LogP contribution in [0.5, 0.6) is 0 Å². The van der Waals surface area contributed by atoms with Gasteiger partial charge in [-0.3, -0.25) is 4.68 Å². The number of aliphatic hydroxyl groups excluding tert-OH is 1. The monoisotopic (exact) mass is 212 g/mol. The van der Waals surface area contributed by atoms with Crippen LogP contribution in [0.2, 0.25) is 0 Å². The highest BCUT2D eigenvalue weighted by molar-refractivity contribution is 4.95. The molecule has 0 aliphatic carbocycles. The third-order valence-corrected chi connectivity index (χ3v) is 2.95. The van der Waals surface area contributed by atoms with Crippen LogP contribution in [0, 0.1) is 0 Å². The molecule has 0 amide bonds. The normalized spacial score (nSPS) is 15.2. The zero-order valence-electron chi connectivity index (χ0n) is 9.69. The molecule has 0 aliphatic heterocycles. The van der Waals surface area contributed by atoms with Gasteiger partial charge < -0.3 is 10.4 Å². The first-order valence-electron chi connectivity index (χ1n) is 5.31. The lowest BCUT2D eigenvalue weighted by Crippen LogP contribution is -2.42. The summed E-state index contributed by atoms with van der Waals surface area (Å²) in [6.07, 6.45) is 3.50. The van der Waals surface area contributed by atoms with Gasteiger partial charge in [0.15, 0.2) is 0 Å². The van der Waals surface area contributed by atoms with Gasteiger partial charge in [-0.25, -0.2) is 0 Å². The van der Waals surface area contributed by atoms with Crippen molar-refractivity contribution in [3.05, 3.63) is 11.9 Å². The summed E-state index contributed by atoms with van der Waals surface area (Å²) in [5.74, 6) is 0. The molecule has 0 radical (unpaired) electrons. The van der Waals surface area contributed by atoms with Gasteiger partial charge in [0, 0.05) is 25.7 Å². The summed E-state index contributed by atoms with van der Waals surface area (Å²) in [4.78, 5) is 0. The summed E-state index contributed by atoms with van der Waals surface area (Å²) < 4.78 is 1.75. The summed E-state index contributed by atoms with van der Waals surface area (Å²) in [6, 6.07) is 0. The number of aliphatic hydroxyl groups is 1. The Bertz CT molecular complexity index is 299. The topological polar surface area (TPSA) is 63.0 Å². The van der Waals surface area contributed by atoms with Gasteiger partial charge in [-0.15, -0.1) is 5.10 Å². The number of hydrogen-bond donors (Lipinski definition) is 2. The number of aryl methyl sites for hydroxylation is 1. The van der Waals surface area contributed by atoms with Crippen LogP contribution in [0.1, 0.15) is 32.4 Å². The average Bonchev–Trinajstić information content (AvgIpc) is 2.62. The second kappa shape index (κ2) is 5.23. The van der Waals surface area contributed by atoms with E-state index in [4.69, 9.17) is 5.11 Å². The zero-order valence-corrected chi connectivity index (χ0v) is 9.69. The fourth-order valence-electron chi connectivity index (χ4n) is 1.41. The van der Waals surface area contributed by atoms with Crippen LogP contribution in [-0.4, -0.2) is 32.2 Å². The summed E-state index contributed by atoms with van der Waals surface area (Å²) in [7, 11) is 1.87. The lowest BCUT2D eigenvalue weighted by molar-refractivity contribution is 0.213. The predicted octanol–water partition coefficient (Wildman–Crippen LogP) is 0.456. The third-order valence-electron chi connectivity index (χ3n) is 2.95. The molecule has 0 aromatic carbocycles. The van der Waals surface area contributed by atoms with Gasteiger partial charge in [0.25, 0.3) is 0 Å². The molecular formula is C10H20N4O. The highest BCUT2D eigenvalue weighted by atomic mass is 16.3. The largest absolute Gasteiger partial charge is 0.396 e. The summed E-state index contributed by atoms with van der Waals surface area (Å²) >= 11 is 0. The zero-order chi connectivity index (χ0) is 11.3. The van der Waals surface area contributed by atoms with Crippen LogP contribution in [-0.2, 0) is 13.6 Å². The van der Waals surface area contributed by atoms with Crippen LogP contribution in [0.15, 0.2) is 6.20 Å². The number of rotatable bonds is 6. The second-order valence-corrected chi connectivity index (χ2v) is 4.09. The van der Waals surface area contributed by atoms with Crippen molar-refractivity contribution in [3.63, 3.8) is 0 Å². The Morgan fingerprint density at radius 1 is 1.60 bits per heavy atom. The molecule has 5 heteroatoms. The molecule has 0 fully saturated rings. The molecule has 0 saturated heterocycles. The van der Waals surface area contributed by atoms with Gasteiger partial charge in [0.2, 0.25) is 0 Å². The number of nitrogens with zero attached hydrogens (tertiary/aromatic N) is 3. The molecule has 1 aromatic heterocycles. The number of nitrogens with one attached hydrogen (secondary N) is 1. The van der Waals surface area contributed by atoms with E-state index in [-0.39, 0.29) is 12.1 Å². The molecule has 1 heterocycles. The van der Waals surface area contributed by atoms with E-state index in [1.807, 2.05) is 7.05 Å². The van der Waals surface area contributed by atoms with Crippen LogP contribution in [0.25, 0.3) is 0 Å². The van der Waals surface area contributed by atoms with Crippen molar-refractivity contribution in [2.45, 2.75) is 38.8 Å². The van der Waals surface area contributed by atoms with E-state index in [9.17, 15) is 0 Å². The Hall–Kier alpha value is -0.940. The van der Waals surface area contributed by atoms with E-state index >= 15 is 0 Å². The van der Waals surface area contributed by atoms with E-state index in [1.54, 1.807) is 10.9 Å². The Balaban J connectivity index is 2.51. The van der Waals surface area contributed by atoms with E-state index in [2.05, 4.69) is 29.5 Å². The van der Waals surface area contributed by atoms with E-state index < -0.39 is 0 Å². The van der Waals surface area contributed by atoms with E-state index in [1.165, 1.54) is 0 Å². The lowest BCUT2D eigenvalue weighted by atomic mass is 9.95. The van der Waals surface area contributed by atoms with Crippen LogP contribution in [0.3, 0.4) is 0 Å². The van der Waals surface area contributed by atoms with Gasteiger partial charge in [0.1, 0.15) is 0 Å². The standard InChI is InChI=1S/C10H20N4O/c1-4-10(2,5-6-15)11-7-9-8-12-13-14(9)3/h8,11,15H,4-7H2,1-3H3. The van der Waals surface area contributed by atoms with Crippen molar-refractivity contribution in [1.29, 1.82) is 0 Å². The molecule has 0 bridgehead atoms. The van der Waals surface area contributed by atoms with Gasteiger partial charge in [-0.05, 0) is 19.8 Å². The molecular weight excluding hydrogens is 192 g/mol. The average molecular weight is 212 g/mol. The molecule has 2 N–H and O–H groups in total. The maximum absolute atomic E-state index is 8.97. The molecule has 1 unspecified atom stereocenters. The SMILES string of the molecule is CCC(C)(CCO)NCc1cnnn1C. The van der Waals surface area contributed by atoms with Crippen LogP contribution in [0.4, 0.5) is 0 Å². The molecule has 15 heavy (non-hydrogen) atoms. The van der Waals surface area contributed by atoms with Gasteiger partial charge in [-0.1, -0.05) is 12.1 Å². The van der Waals surface area contributed by atoms with Crippen molar-refractivity contribution in [2.24, 2.45) is 7.05 Å². The Kier molecular flexibility index (Phi) is 4.23. The van der Waals surface area contributed by atoms with Gasteiger partial charge >= 0.3 is 0 Å². The fraction of sp³-hybridized carbons (Fsp3) is 0.800. The van der Waals surface area contributed by atoms with Crippen LogP contribution >= 0.6 is 0 Å². The molecule has 0 aliphatic rings. The minimum Gasteiger partial charge on any atom is -0.396 e. The van der Waals surface area contributed by atoms with Crippen molar-refractivity contribution < 1.29 is 5.11 Å². The molecule has 1 rings (SSSR count). The first kappa shape index (κ1) is 12.1. The quantitative estimate of drug-likeness (QED) is 0.719. The molecule has 1 aromatic rings. The van der Waals surface area contributed by atoms with Gasteiger partial charge in [0.05, 0.1) is 11.9 Å². The highest BCUT2D eigenvalue weighted by Crippen LogP contribution is 2.14. The summed E-state index contributed by atoms with van der Waals surface area (Å²) in [6.45, 7) is 5.17.